The Morgan fingerprint density at radius 3 is 3.00 bits per heavy atom. The van der Waals surface area contributed by atoms with Crippen LogP contribution in [0.1, 0.15) is 25.0 Å². The molecule has 1 spiro atoms. The maximum atomic E-state index is 6.10. The van der Waals surface area contributed by atoms with Crippen molar-refractivity contribution < 1.29 is 4.74 Å². The standard InChI is InChI=1S/C14H21N3O/c15-13-3-1-2-12(17-13)8-11-9-14(18-10-11)4-6-16-7-5-14/h1-3,11,16H,4-10H2,(H2,15,17). The summed E-state index contributed by atoms with van der Waals surface area (Å²) in [6, 6.07) is 5.88. The van der Waals surface area contributed by atoms with Crippen LogP contribution in [-0.4, -0.2) is 30.3 Å². The van der Waals surface area contributed by atoms with Crippen LogP contribution in [0.25, 0.3) is 0 Å². The van der Waals surface area contributed by atoms with E-state index in [1.165, 1.54) is 6.42 Å². The molecule has 3 heterocycles. The van der Waals surface area contributed by atoms with Gasteiger partial charge in [-0.2, -0.15) is 0 Å². The van der Waals surface area contributed by atoms with Crippen molar-refractivity contribution in [3.05, 3.63) is 23.9 Å². The van der Waals surface area contributed by atoms with Crippen LogP contribution in [0.3, 0.4) is 0 Å². The summed E-state index contributed by atoms with van der Waals surface area (Å²) in [6.45, 7) is 3.04. The molecular formula is C14H21N3O. The molecule has 1 unspecified atom stereocenters. The molecule has 3 rings (SSSR count). The highest BCUT2D eigenvalue weighted by Gasteiger charge is 2.40. The number of rotatable bonds is 2. The Morgan fingerprint density at radius 2 is 2.22 bits per heavy atom. The van der Waals surface area contributed by atoms with E-state index >= 15 is 0 Å². The zero-order valence-corrected chi connectivity index (χ0v) is 10.7. The number of nitrogen functional groups attached to an aromatic ring is 1. The van der Waals surface area contributed by atoms with E-state index in [-0.39, 0.29) is 5.60 Å². The van der Waals surface area contributed by atoms with E-state index in [4.69, 9.17) is 10.5 Å². The topological polar surface area (TPSA) is 60.2 Å². The van der Waals surface area contributed by atoms with Crippen molar-refractivity contribution in [1.82, 2.24) is 10.3 Å². The molecule has 98 valence electrons. The van der Waals surface area contributed by atoms with Crippen LogP contribution in [0, 0.1) is 5.92 Å². The molecule has 3 N–H and O–H groups in total. The molecule has 0 aliphatic carbocycles. The Morgan fingerprint density at radius 1 is 1.39 bits per heavy atom. The highest BCUT2D eigenvalue weighted by Crippen LogP contribution is 2.38. The molecule has 1 aromatic heterocycles. The SMILES string of the molecule is Nc1cccc(CC2COC3(CCNCC3)C2)n1. The van der Waals surface area contributed by atoms with Gasteiger partial charge in [-0.05, 0) is 56.8 Å². The number of aromatic nitrogens is 1. The Bertz CT molecular complexity index is 415. The number of anilines is 1. The number of nitrogens with one attached hydrogen (secondary N) is 1. The maximum absolute atomic E-state index is 6.10. The van der Waals surface area contributed by atoms with Crippen LogP contribution in [0.2, 0.25) is 0 Å². The summed E-state index contributed by atoms with van der Waals surface area (Å²) in [7, 11) is 0. The van der Waals surface area contributed by atoms with Crippen molar-refractivity contribution in [3.8, 4) is 0 Å². The third-order valence-corrected chi connectivity index (χ3v) is 4.13. The number of hydrogen-bond donors (Lipinski definition) is 2. The molecule has 18 heavy (non-hydrogen) atoms. The summed E-state index contributed by atoms with van der Waals surface area (Å²) in [5.74, 6) is 1.21. The molecule has 1 aromatic rings. The fraction of sp³-hybridized carbons (Fsp3) is 0.643. The van der Waals surface area contributed by atoms with E-state index in [1.807, 2.05) is 12.1 Å². The highest BCUT2D eigenvalue weighted by atomic mass is 16.5. The van der Waals surface area contributed by atoms with Crippen LogP contribution in [0.5, 0.6) is 0 Å². The van der Waals surface area contributed by atoms with Gasteiger partial charge in [0.05, 0.1) is 12.2 Å². The Balaban J connectivity index is 1.62. The summed E-state index contributed by atoms with van der Waals surface area (Å²) >= 11 is 0. The zero-order valence-electron chi connectivity index (χ0n) is 10.7. The molecule has 1 atom stereocenters. The van der Waals surface area contributed by atoms with Crippen molar-refractivity contribution in [3.63, 3.8) is 0 Å². The predicted molar refractivity (Wildman–Crippen MR) is 71.2 cm³/mol. The second-order valence-electron chi connectivity index (χ2n) is 5.57. The van der Waals surface area contributed by atoms with Crippen LogP contribution >= 0.6 is 0 Å². The molecule has 2 aliphatic rings. The van der Waals surface area contributed by atoms with Gasteiger partial charge in [0.25, 0.3) is 0 Å². The summed E-state index contributed by atoms with van der Waals surface area (Å²) in [6.07, 6.45) is 4.45. The molecule has 0 amide bonds. The van der Waals surface area contributed by atoms with Gasteiger partial charge in [0, 0.05) is 5.69 Å². The van der Waals surface area contributed by atoms with E-state index < -0.39 is 0 Å². The fourth-order valence-corrected chi connectivity index (χ4v) is 3.21. The number of nitrogens with two attached hydrogens (primary N) is 1. The van der Waals surface area contributed by atoms with Gasteiger partial charge < -0.3 is 15.8 Å². The first kappa shape index (κ1) is 11.9. The van der Waals surface area contributed by atoms with Gasteiger partial charge >= 0.3 is 0 Å². The third-order valence-electron chi connectivity index (χ3n) is 4.13. The first-order valence-corrected chi connectivity index (χ1v) is 6.82. The van der Waals surface area contributed by atoms with Crippen LogP contribution in [-0.2, 0) is 11.2 Å². The monoisotopic (exact) mass is 247 g/mol. The predicted octanol–water partition coefficient (Wildman–Crippen LogP) is 1.36. The second kappa shape index (κ2) is 4.86. The largest absolute Gasteiger partial charge is 0.384 e. The Kier molecular flexibility index (Phi) is 3.22. The third kappa shape index (κ3) is 2.49. The van der Waals surface area contributed by atoms with Crippen molar-refractivity contribution in [2.24, 2.45) is 5.92 Å². The van der Waals surface area contributed by atoms with E-state index in [0.717, 1.165) is 44.7 Å². The van der Waals surface area contributed by atoms with Gasteiger partial charge in [0.2, 0.25) is 0 Å². The van der Waals surface area contributed by atoms with Gasteiger partial charge in [-0.3, -0.25) is 0 Å². The van der Waals surface area contributed by atoms with Gasteiger partial charge in [0.1, 0.15) is 5.82 Å². The lowest BCUT2D eigenvalue weighted by atomic mass is 9.85. The van der Waals surface area contributed by atoms with E-state index in [0.29, 0.717) is 11.7 Å². The molecule has 0 bridgehead atoms. The summed E-state index contributed by atoms with van der Waals surface area (Å²) in [5, 5.41) is 3.40. The van der Waals surface area contributed by atoms with Crippen LogP contribution in [0.4, 0.5) is 5.82 Å². The summed E-state index contributed by atoms with van der Waals surface area (Å²) in [4.78, 5) is 4.38. The fourth-order valence-electron chi connectivity index (χ4n) is 3.21. The average Bonchev–Trinajstić information content (AvgIpc) is 2.73. The second-order valence-corrected chi connectivity index (χ2v) is 5.57. The molecule has 2 fully saturated rings. The minimum absolute atomic E-state index is 0.149. The normalized spacial score (nSPS) is 26.6. The molecular weight excluding hydrogens is 226 g/mol. The van der Waals surface area contributed by atoms with E-state index in [1.54, 1.807) is 0 Å². The molecule has 0 aromatic carbocycles. The van der Waals surface area contributed by atoms with Crippen molar-refractivity contribution in [2.45, 2.75) is 31.3 Å². The van der Waals surface area contributed by atoms with Gasteiger partial charge in [-0.25, -0.2) is 4.98 Å². The summed E-state index contributed by atoms with van der Waals surface area (Å²) < 4.78 is 6.10. The quantitative estimate of drug-likeness (QED) is 0.828. The highest BCUT2D eigenvalue weighted by molar-refractivity contribution is 5.28. The summed E-state index contributed by atoms with van der Waals surface area (Å²) in [5.41, 5.74) is 6.96. The van der Waals surface area contributed by atoms with E-state index in [2.05, 4.69) is 16.4 Å². The first-order chi connectivity index (χ1) is 8.76. The number of hydrogen-bond acceptors (Lipinski definition) is 4. The van der Waals surface area contributed by atoms with Gasteiger partial charge in [-0.1, -0.05) is 6.07 Å². The molecule has 2 aliphatic heterocycles. The lowest BCUT2D eigenvalue weighted by molar-refractivity contribution is -0.0196. The number of pyridine rings is 1. The van der Waals surface area contributed by atoms with E-state index in [9.17, 15) is 0 Å². The zero-order chi connectivity index (χ0) is 12.4. The van der Waals surface area contributed by atoms with Crippen molar-refractivity contribution in [2.75, 3.05) is 25.4 Å². The molecule has 0 saturated carbocycles. The van der Waals surface area contributed by atoms with Gasteiger partial charge in [0.15, 0.2) is 0 Å². The molecule has 4 nitrogen and oxygen atoms in total. The average molecular weight is 247 g/mol. The van der Waals surface area contributed by atoms with Crippen molar-refractivity contribution in [1.29, 1.82) is 0 Å². The van der Waals surface area contributed by atoms with Crippen molar-refractivity contribution >= 4 is 5.82 Å². The first-order valence-electron chi connectivity index (χ1n) is 6.82. The minimum atomic E-state index is 0.149. The Hall–Kier alpha value is -1.13. The lowest BCUT2D eigenvalue weighted by Crippen LogP contribution is -2.41. The smallest absolute Gasteiger partial charge is 0.123 e. The molecule has 0 radical (unpaired) electrons. The Labute approximate surface area is 108 Å². The lowest BCUT2D eigenvalue weighted by Gasteiger charge is -2.33. The maximum Gasteiger partial charge on any atom is 0.123 e. The van der Waals surface area contributed by atoms with Crippen LogP contribution in [0.15, 0.2) is 18.2 Å². The number of nitrogens with zero attached hydrogens (tertiary/aromatic N) is 1. The number of ether oxygens (including phenoxy) is 1. The molecule has 4 heteroatoms. The van der Waals surface area contributed by atoms with Crippen LogP contribution < -0.4 is 11.1 Å². The number of piperidine rings is 1. The minimum Gasteiger partial charge on any atom is -0.384 e. The van der Waals surface area contributed by atoms with Gasteiger partial charge in [-0.15, -0.1) is 0 Å². The molecule has 2 saturated heterocycles.